The van der Waals surface area contributed by atoms with E-state index in [-0.39, 0.29) is 5.91 Å². The topological polar surface area (TPSA) is 55.1 Å². The number of nitrogens with one attached hydrogen (secondary N) is 1. The molecule has 0 fully saturated rings. The number of hydrogen-bond acceptors (Lipinski definition) is 3. The van der Waals surface area contributed by atoms with Gasteiger partial charge in [-0.2, -0.15) is 0 Å². The highest BCUT2D eigenvalue weighted by Crippen LogP contribution is 2.21. The maximum atomic E-state index is 11.8. The summed E-state index contributed by atoms with van der Waals surface area (Å²) < 4.78 is 0.598. The monoisotopic (exact) mass is 310 g/mol. The van der Waals surface area contributed by atoms with E-state index in [2.05, 4.69) is 5.32 Å². The summed E-state index contributed by atoms with van der Waals surface area (Å²) in [5.41, 5.74) is 7.30. The van der Waals surface area contributed by atoms with Crippen LogP contribution >= 0.6 is 35.2 Å². The Balaban J connectivity index is 2.01. The minimum absolute atomic E-state index is 0.141. The fourth-order valence-corrected chi connectivity index (χ4v) is 2.63. The van der Waals surface area contributed by atoms with Gasteiger partial charge in [-0.25, -0.2) is 0 Å². The quantitative estimate of drug-likeness (QED) is 0.854. The molecule has 3 N–H and O–H groups in total. The molecule has 1 aromatic carbocycles. The fourth-order valence-electron chi connectivity index (χ4n) is 1.54. The molecule has 1 heterocycles. The van der Waals surface area contributed by atoms with Gasteiger partial charge in [0, 0.05) is 12.1 Å². The second-order valence-corrected chi connectivity index (χ2v) is 6.01. The van der Waals surface area contributed by atoms with Crippen molar-refractivity contribution in [3.8, 4) is 0 Å². The van der Waals surface area contributed by atoms with Gasteiger partial charge in [0.05, 0.1) is 9.21 Å². The van der Waals surface area contributed by atoms with Crippen molar-refractivity contribution in [2.75, 3.05) is 0 Å². The van der Waals surface area contributed by atoms with Gasteiger partial charge >= 0.3 is 0 Å². The van der Waals surface area contributed by atoms with Gasteiger partial charge in [-0.05, 0) is 23.8 Å². The van der Waals surface area contributed by atoms with Crippen LogP contribution in [0.5, 0.6) is 0 Å². The molecule has 0 aliphatic carbocycles. The molecular weight excluding hydrogens is 300 g/mol. The van der Waals surface area contributed by atoms with E-state index in [4.69, 9.17) is 29.6 Å². The average molecular weight is 311 g/mol. The molecule has 0 bridgehead atoms. The summed E-state index contributed by atoms with van der Waals surface area (Å²) in [4.78, 5) is 12.8. The van der Waals surface area contributed by atoms with E-state index in [0.717, 1.165) is 11.1 Å². The lowest BCUT2D eigenvalue weighted by molar-refractivity contribution is 0.0955. The minimum atomic E-state index is -0.141. The number of carbonyl (C=O) groups is 1. The molecule has 1 amide bonds. The van der Waals surface area contributed by atoms with Crippen LogP contribution in [0.2, 0.25) is 4.34 Å². The third-order valence-corrected chi connectivity index (χ3v) is 3.93. The average Bonchev–Trinajstić information content (AvgIpc) is 2.83. The summed E-state index contributed by atoms with van der Waals surface area (Å²) in [7, 11) is 0. The SMILES string of the molecule is NC(=S)c1cccc(CNC(=O)c2ccc(Cl)s2)c1. The Bertz CT molecular complexity index is 625. The van der Waals surface area contributed by atoms with Crippen LogP contribution in [0.25, 0.3) is 0 Å². The first kappa shape index (κ1) is 14.0. The predicted octanol–water partition coefficient (Wildman–Crippen LogP) is 2.97. The van der Waals surface area contributed by atoms with Crippen molar-refractivity contribution in [2.45, 2.75) is 6.54 Å². The number of rotatable bonds is 4. The first-order chi connectivity index (χ1) is 9.06. The van der Waals surface area contributed by atoms with E-state index < -0.39 is 0 Å². The third kappa shape index (κ3) is 3.76. The van der Waals surface area contributed by atoms with Crippen molar-refractivity contribution < 1.29 is 4.79 Å². The van der Waals surface area contributed by atoms with Crippen molar-refractivity contribution in [1.82, 2.24) is 5.32 Å². The van der Waals surface area contributed by atoms with Crippen LogP contribution in [0.1, 0.15) is 20.8 Å². The fraction of sp³-hybridized carbons (Fsp3) is 0.0769. The smallest absolute Gasteiger partial charge is 0.261 e. The van der Waals surface area contributed by atoms with Gasteiger partial charge in [0.25, 0.3) is 5.91 Å². The van der Waals surface area contributed by atoms with Crippen LogP contribution in [0, 0.1) is 0 Å². The number of halogens is 1. The Morgan fingerprint density at radius 1 is 1.37 bits per heavy atom. The van der Waals surface area contributed by atoms with Gasteiger partial charge in [0.1, 0.15) is 4.99 Å². The molecule has 2 aromatic rings. The summed E-state index contributed by atoms with van der Waals surface area (Å²) in [6.45, 7) is 0.421. The van der Waals surface area contributed by atoms with Gasteiger partial charge in [0.2, 0.25) is 0 Å². The van der Waals surface area contributed by atoms with Crippen molar-refractivity contribution >= 4 is 46.1 Å². The van der Waals surface area contributed by atoms with Gasteiger partial charge in [-0.15, -0.1) is 11.3 Å². The van der Waals surface area contributed by atoms with Crippen molar-refractivity contribution in [3.05, 3.63) is 56.7 Å². The molecular formula is C13H11ClN2OS2. The van der Waals surface area contributed by atoms with E-state index >= 15 is 0 Å². The molecule has 19 heavy (non-hydrogen) atoms. The Morgan fingerprint density at radius 2 is 2.16 bits per heavy atom. The Kier molecular flexibility index (Phi) is 4.52. The maximum Gasteiger partial charge on any atom is 0.261 e. The van der Waals surface area contributed by atoms with Crippen molar-refractivity contribution in [2.24, 2.45) is 5.73 Å². The van der Waals surface area contributed by atoms with Gasteiger partial charge in [-0.1, -0.05) is 42.0 Å². The second-order valence-electron chi connectivity index (χ2n) is 3.85. The van der Waals surface area contributed by atoms with Crippen LogP contribution in [-0.4, -0.2) is 10.9 Å². The zero-order valence-electron chi connectivity index (χ0n) is 9.85. The number of thiocarbonyl (C=S) groups is 1. The standard InChI is InChI=1S/C13H11ClN2OS2/c14-11-5-4-10(19-11)13(17)16-7-8-2-1-3-9(6-8)12(15)18/h1-6H,7H2,(H2,15,18)(H,16,17). The van der Waals surface area contributed by atoms with Gasteiger partial charge < -0.3 is 11.1 Å². The number of nitrogens with two attached hydrogens (primary N) is 1. The van der Waals surface area contributed by atoms with Crippen LogP contribution in [0.4, 0.5) is 0 Å². The number of amides is 1. The first-order valence-corrected chi connectivity index (χ1v) is 7.09. The molecule has 0 saturated heterocycles. The van der Waals surface area contributed by atoms with Crippen LogP contribution in [-0.2, 0) is 6.54 Å². The highest BCUT2D eigenvalue weighted by molar-refractivity contribution is 7.80. The van der Waals surface area contributed by atoms with Crippen LogP contribution in [0.3, 0.4) is 0 Å². The van der Waals surface area contributed by atoms with Crippen LogP contribution < -0.4 is 11.1 Å². The Morgan fingerprint density at radius 3 is 2.79 bits per heavy atom. The summed E-state index contributed by atoms with van der Waals surface area (Å²) in [5, 5.41) is 2.82. The lowest BCUT2D eigenvalue weighted by Crippen LogP contribution is -2.22. The zero-order chi connectivity index (χ0) is 13.8. The number of carbonyl (C=O) groups excluding carboxylic acids is 1. The molecule has 1 aromatic heterocycles. The highest BCUT2D eigenvalue weighted by Gasteiger charge is 2.08. The molecule has 3 nitrogen and oxygen atoms in total. The molecule has 0 unspecified atom stereocenters. The number of benzene rings is 1. The summed E-state index contributed by atoms with van der Waals surface area (Å²) in [5.74, 6) is -0.141. The van der Waals surface area contributed by atoms with E-state index in [1.807, 2.05) is 24.3 Å². The number of thiophene rings is 1. The molecule has 0 radical (unpaired) electrons. The maximum absolute atomic E-state index is 11.8. The van der Waals surface area contributed by atoms with E-state index in [1.165, 1.54) is 11.3 Å². The van der Waals surface area contributed by atoms with Crippen molar-refractivity contribution in [3.63, 3.8) is 0 Å². The van der Waals surface area contributed by atoms with Crippen LogP contribution in [0.15, 0.2) is 36.4 Å². The molecule has 6 heteroatoms. The molecule has 0 aliphatic heterocycles. The Labute approximate surface area is 125 Å². The lowest BCUT2D eigenvalue weighted by Gasteiger charge is -2.05. The summed E-state index contributed by atoms with van der Waals surface area (Å²) in [6, 6.07) is 10.9. The summed E-state index contributed by atoms with van der Waals surface area (Å²) >= 11 is 12.0. The largest absolute Gasteiger partial charge is 0.389 e. The van der Waals surface area contributed by atoms with Gasteiger partial charge in [0.15, 0.2) is 0 Å². The molecule has 0 saturated carbocycles. The van der Waals surface area contributed by atoms with E-state index in [0.29, 0.717) is 20.7 Å². The highest BCUT2D eigenvalue weighted by atomic mass is 35.5. The van der Waals surface area contributed by atoms with Gasteiger partial charge in [-0.3, -0.25) is 4.79 Å². The predicted molar refractivity (Wildman–Crippen MR) is 82.8 cm³/mol. The zero-order valence-corrected chi connectivity index (χ0v) is 12.2. The summed E-state index contributed by atoms with van der Waals surface area (Å²) in [6.07, 6.45) is 0. The first-order valence-electron chi connectivity index (χ1n) is 5.48. The van der Waals surface area contributed by atoms with E-state index in [9.17, 15) is 4.79 Å². The minimum Gasteiger partial charge on any atom is -0.389 e. The molecule has 0 spiro atoms. The third-order valence-electron chi connectivity index (χ3n) is 2.46. The second kappa shape index (κ2) is 6.14. The Hall–Kier alpha value is -1.43. The van der Waals surface area contributed by atoms with E-state index in [1.54, 1.807) is 12.1 Å². The molecule has 2 rings (SSSR count). The number of hydrogen-bond donors (Lipinski definition) is 2. The molecule has 0 aliphatic rings. The molecule has 98 valence electrons. The molecule has 0 atom stereocenters. The lowest BCUT2D eigenvalue weighted by atomic mass is 10.1. The van der Waals surface area contributed by atoms with Crippen molar-refractivity contribution in [1.29, 1.82) is 0 Å². The normalized spacial score (nSPS) is 10.2.